The first kappa shape index (κ1) is 14.8. The lowest BCUT2D eigenvalue weighted by Gasteiger charge is -2.13. The van der Waals surface area contributed by atoms with Crippen LogP contribution in [0.2, 0.25) is 0 Å². The molecule has 0 radical (unpaired) electrons. The van der Waals surface area contributed by atoms with E-state index < -0.39 is 10.0 Å². The Morgan fingerprint density at radius 2 is 1.86 bits per heavy atom. The van der Waals surface area contributed by atoms with E-state index in [-0.39, 0.29) is 10.6 Å². The Labute approximate surface area is 123 Å². The topological polar surface area (TPSA) is 86.1 Å². The molecule has 0 atom stereocenters. The first-order valence-corrected chi connectivity index (χ1v) is 7.57. The highest BCUT2D eigenvalue weighted by molar-refractivity contribution is 7.92. The summed E-state index contributed by atoms with van der Waals surface area (Å²) >= 11 is 0. The van der Waals surface area contributed by atoms with Gasteiger partial charge in [0.25, 0.3) is 10.0 Å². The smallest absolute Gasteiger partial charge is 0.264 e. The van der Waals surface area contributed by atoms with E-state index in [2.05, 4.69) is 9.71 Å². The molecule has 1 heterocycles. The summed E-state index contributed by atoms with van der Waals surface area (Å²) in [4.78, 5) is 5.53. The molecular weight excluding hydrogens is 288 g/mol. The number of hydrogen-bond donors (Lipinski definition) is 1. The fourth-order valence-corrected chi connectivity index (χ4v) is 2.90. The molecule has 0 bridgehead atoms. The third-order valence-electron chi connectivity index (χ3n) is 2.80. The van der Waals surface area contributed by atoms with Crippen molar-refractivity contribution in [3.63, 3.8) is 0 Å². The van der Waals surface area contributed by atoms with Crippen molar-refractivity contribution < 1.29 is 8.42 Å². The first-order chi connectivity index (χ1) is 9.94. The van der Waals surface area contributed by atoms with Crippen molar-refractivity contribution in [1.82, 2.24) is 4.98 Å². The maximum absolute atomic E-state index is 12.3. The van der Waals surface area contributed by atoms with Crippen LogP contribution in [0, 0.1) is 11.3 Å². The number of sulfonamides is 1. The fourth-order valence-electron chi connectivity index (χ4n) is 1.73. The number of aromatic nitrogens is 1. The van der Waals surface area contributed by atoms with Crippen LogP contribution in [0.3, 0.4) is 0 Å². The minimum absolute atomic E-state index is 0.130. The largest absolute Gasteiger partial charge is 0.378 e. The lowest BCUT2D eigenvalue weighted by Crippen LogP contribution is -2.15. The third kappa shape index (κ3) is 3.30. The van der Waals surface area contributed by atoms with Crippen LogP contribution in [0.15, 0.2) is 47.5 Å². The predicted octanol–water partition coefficient (Wildman–Crippen LogP) is 1.82. The maximum atomic E-state index is 12.3. The Morgan fingerprint density at radius 1 is 1.19 bits per heavy atom. The van der Waals surface area contributed by atoms with Gasteiger partial charge in [0.2, 0.25) is 0 Å². The molecule has 0 aliphatic rings. The Hall–Kier alpha value is -2.59. The van der Waals surface area contributed by atoms with Gasteiger partial charge < -0.3 is 4.90 Å². The van der Waals surface area contributed by atoms with E-state index >= 15 is 0 Å². The SMILES string of the molecule is CN(C)c1ccc(NS(=O)(=O)c2cccnc2C#N)cc1. The van der Waals surface area contributed by atoms with Gasteiger partial charge in [-0.15, -0.1) is 0 Å². The second-order valence-corrected chi connectivity index (χ2v) is 6.16. The fraction of sp³-hybridized carbons (Fsp3) is 0.143. The van der Waals surface area contributed by atoms with Gasteiger partial charge in [-0.3, -0.25) is 4.72 Å². The molecule has 108 valence electrons. The number of anilines is 2. The number of benzene rings is 1. The molecule has 0 aliphatic heterocycles. The molecule has 0 fully saturated rings. The molecule has 0 unspecified atom stereocenters. The molecular formula is C14H14N4O2S. The molecule has 0 saturated carbocycles. The van der Waals surface area contributed by atoms with Crippen molar-refractivity contribution in [2.45, 2.75) is 4.90 Å². The van der Waals surface area contributed by atoms with E-state index in [1.54, 1.807) is 30.3 Å². The lowest BCUT2D eigenvalue weighted by atomic mass is 10.3. The molecule has 0 aliphatic carbocycles. The standard InChI is InChI=1S/C14H14N4O2S/c1-18(2)12-7-5-11(6-8-12)17-21(19,20)14-4-3-9-16-13(14)10-15/h3-9,17H,1-2H3. The normalized spacial score (nSPS) is 10.7. The summed E-state index contributed by atoms with van der Waals surface area (Å²) in [5.74, 6) is 0. The summed E-state index contributed by atoms with van der Waals surface area (Å²) in [6.45, 7) is 0. The quantitative estimate of drug-likeness (QED) is 0.931. The number of hydrogen-bond acceptors (Lipinski definition) is 5. The van der Waals surface area contributed by atoms with Gasteiger partial charge in [-0.2, -0.15) is 5.26 Å². The molecule has 7 heteroatoms. The van der Waals surface area contributed by atoms with Crippen LogP contribution in [0.1, 0.15) is 5.69 Å². The van der Waals surface area contributed by atoms with E-state index in [9.17, 15) is 8.42 Å². The Balaban J connectivity index is 2.31. The van der Waals surface area contributed by atoms with Crippen LogP contribution in [0.25, 0.3) is 0 Å². The van der Waals surface area contributed by atoms with Crippen molar-refractivity contribution in [3.05, 3.63) is 48.3 Å². The second kappa shape index (κ2) is 5.81. The van der Waals surface area contributed by atoms with Crippen LogP contribution >= 0.6 is 0 Å². The van der Waals surface area contributed by atoms with Crippen molar-refractivity contribution in [2.24, 2.45) is 0 Å². The highest BCUT2D eigenvalue weighted by Gasteiger charge is 2.19. The summed E-state index contributed by atoms with van der Waals surface area (Å²) in [5.41, 5.74) is 1.25. The monoisotopic (exact) mass is 302 g/mol. The summed E-state index contributed by atoms with van der Waals surface area (Å²) < 4.78 is 27.0. The first-order valence-electron chi connectivity index (χ1n) is 6.09. The zero-order valence-electron chi connectivity index (χ0n) is 11.6. The predicted molar refractivity (Wildman–Crippen MR) is 80.5 cm³/mol. The van der Waals surface area contributed by atoms with Gasteiger partial charge in [-0.25, -0.2) is 13.4 Å². The molecule has 1 aromatic carbocycles. The molecule has 21 heavy (non-hydrogen) atoms. The second-order valence-electron chi connectivity index (χ2n) is 4.51. The molecule has 6 nitrogen and oxygen atoms in total. The molecule has 0 amide bonds. The van der Waals surface area contributed by atoms with E-state index in [0.29, 0.717) is 5.69 Å². The summed E-state index contributed by atoms with van der Waals surface area (Å²) in [6.07, 6.45) is 1.38. The average Bonchev–Trinajstić information content (AvgIpc) is 2.47. The van der Waals surface area contributed by atoms with Crippen LogP contribution < -0.4 is 9.62 Å². The molecule has 2 rings (SSSR count). The van der Waals surface area contributed by atoms with Gasteiger partial charge in [0, 0.05) is 31.7 Å². The van der Waals surface area contributed by atoms with E-state index in [0.717, 1.165) is 5.69 Å². The van der Waals surface area contributed by atoms with Crippen LogP contribution in [0.4, 0.5) is 11.4 Å². The minimum Gasteiger partial charge on any atom is -0.378 e. The van der Waals surface area contributed by atoms with Crippen molar-refractivity contribution in [2.75, 3.05) is 23.7 Å². The molecule has 0 spiro atoms. The highest BCUT2D eigenvalue weighted by atomic mass is 32.2. The number of rotatable bonds is 4. The van der Waals surface area contributed by atoms with E-state index in [1.807, 2.05) is 19.0 Å². The molecule has 2 aromatic rings. The zero-order chi connectivity index (χ0) is 15.5. The average molecular weight is 302 g/mol. The molecule has 1 aromatic heterocycles. The van der Waals surface area contributed by atoms with Crippen LogP contribution in [-0.4, -0.2) is 27.5 Å². The van der Waals surface area contributed by atoms with Gasteiger partial charge in [-0.1, -0.05) is 0 Å². The summed E-state index contributed by atoms with van der Waals surface area (Å²) in [6, 6.07) is 11.5. The van der Waals surface area contributed by atoms with Gasteiger partial charge in [-0.05, 0) is 36.4 Å². The number of nitriles is 1. The van der Waals surface area contributed by atoms with Crippen molar-refractivity contribution >= 4 is 21.4 Å². The van der Waals surface area contributed by atoms with E-state index in [4.69, 9.17) is 5.26 Å². The van der Waals surface area contributed by atoms with Gasteiger partial charge >= 0.3 is 0 Å². The van der Waals surface area contributed by atoms with Gasteiger partial charge in [0.1, 0.15) is 11.0 Å². The number of nitrogens with one attached hydrogen (secondary N) is 1. The van der Waals surface area contributed by atoms with E-state index in [1.165, 1.54) is 18.3 Å². The van der Waals surface area contributed by atoms with Crippen molar-refractivity contribution in [1.29, 1.82) is 5.26 Å². The van der Waals surface area contributed by atoms with Crippen LogP contribution in [-0.2, 0) is 10.0 Å². The number of pyridine rings is 1. The zero-order valence-corrected chi connectivity index (χ0v) is 12.4. The summed E-state index contributed by atoms with van der Waals surface area (Å²) in [7, 11) is -0.0441. The van der Waals surface area contributed by atoms with Crippen LogP contribution in [0.5, 0.6) is 0 Å². The minimum atomic E-state index is -3.84. The van der Waals surface area contributed by atoms with Gasteiger partial charge in [0.05, 0.1) is 0 Å². The third-order valence-corrected chi connectivity index (χ3v) is 4.21. The highest BCUT2D eigenvalue weighted by Crippen LogP contribution is 2.20. The molecule has 0 saturated heterocycles. The summed E-state index contributed by atoms with van der Waals surface area (Å²) in [5, 5.41) is 8.94. The van der Waals surface area contributed by atoms with Gasteiger partial charge in [0.15, 0.2) is 5.69 Å². The Kier molecular flexibility index (Phi) is 4.10. The Bertz CT molecular complexity index is 777. The van der Waals surface area contributed by atoms with Crippen molar-refractivity contribution in [3.8, 4) is 6.07 Å². The molecule has 1 N–H and O–H groups in total. The maximum Gasteiger partial charge on any atom is 0.264 e. The lowest BCUT2D eigenvalue weighted by molar-refractivity contribution is 0.600. The number of nitrogens with zero attached hydrogens (tertiary/aromatic N) is 3. The Morgan fingerprint density at radius 3 is 2.43 bits per heavy atom.